The number of halogens is 1. The summed E-state index contributed by atoms with van der Waals surface area (Å²) in [5.41, 5.74) is 1.16. The van der Waals surface area contributed by atoms with Crippen molar-refractivity contribution in [1.29, 1.82) is 0 Å². The van der Waals surface area contributed by atoms with Gasteiger partial charge in [-0.25, -0.2) is 14.4 Å². The van der Waals surface area contributed by atoms with Crippen LogP contribution in [-0.4, -0.2) is 48.2 Å². The number of aromatic nitrogens is 3. The van der Waals surface area contributed by atoms with E-state index in [1.807, 2.05) is 25.1 Å². The summed E-state index contributed by atoms with van der Waals surface area (Å²) in [4.78, 5) is 17.0. The first kappa shape index (κ1) is 16.6. The number of nitrogens with one attached hydrogen (secondary N) is 1. The second-order valence-corrected chi connectivity index (χ2v) is 6.67. The fourth-order valence-corrected chi connectivity index (χ4v) is 3.12. The van der Waals surface area contributed by atoms with Gasteiger partial charge in [0.05, 0.1) is 0 Å². The Labute approximate surface area is 150 Å². The molecule has 1 N–H and O–H groups in total. The smallest absolute Gasteiger partial charge is 0.298 e. The summed E-state index contributed by atoms with van der Waals surface area (Å²) < 4.78 is 19.0. The number of piperidine rings is 1. The molecule has 0 atom stereocenters. The second kappa shape index (κ2) is 6.78. The third-order valence-corrected chi connectivity index (χ3v) is 4.57. The number of hydrogen-bond donors (Lipinski definition) is 1. The lowest BCUT2D eigenvalue weighted by Gasteiger charge is -2.31. The van der Waals surface area contributed by atoms with E-state index in [-0.39, 0.29) is 5.82 Å². The number of rotatable bonds is 4. The average molecular weight is 356 g/mol. The molecule has 0 saturated carbocycles. The molecule has 0 radical (unpaired) electrons. The SMILES string of the molecule is CN(C)c1cc(NC2CCN(c3nc4ccc(F)cc4o3)CC2)ncn1. The van der Waals surface area contributed by atoms with Crippen LogP contribution < -0.4 is 15.1 Å². The van der Waals surface area contributed by atoms with E-state index in [9.17, 15) is 4.39 Å². The van der Waals surface area contributed by atoms with Crippen molar-refractivity contribution >= 4 is 28.8 Å². The molecule has 3 aromatic rings. The van der Waals surface area contributed by atoms with Crippen molar-refractivity contribution in [3.8, 4) is 0 Å². The molecule has 1 aliphatic rings. The largest absolute Gasteiger partial charge is 0.423 e. The van der Waals surface area contributed by atoms with Gasteiger partial charge in [0.2, 0.25) is 0 Å². The lowest BCUT2D eigenvalue weighted by atomic mass is 10.1. The number of fused-ring (bicyclic) bond motifs is 1. The Morgan fingerprint density at radius 2 is 2.00 bits per heavy atom. The highest BCUT2D eigenvalue weighted by Crippen LogP contribution is 2.26. The maximum Gasteiger partial charge on any atom is 0.298 e. The molecule has 0 amide bonds. The van der Waals surface area contributed by atoms with Crippen molar-refractivity contribution in [2.24, 2.45) is 0 Å². The van der Waals surface area contributed by atoms with Crippen molar-refractivity contribution in [2.75, 3.05) is 42.3 Å². The number of nitrogens with zero attached hydrogens (tertiary/aromatic N) is 5. The molecule has 1 saturated heterocycles. The van der Waals surface area contributed by atoms with Gasteiger partial charge in [0.15, 0.2) is 5.58 Å². The monoisotopic (exact) mass is 356 g/mol. The van der Waals surface area contributed by atoms with Gasteiger partial charge in [0, 0.05) is 45.4 Å². The van der Waals surface area contributed by atoms with Crippen molar-refractivity contribution < 1.29 is 8.81 Å². The van der Waals surface area contributed by atoms with Crippen LogP contribution in [0.3, 0.4) is 0 Å². The Bertz CT molecular complexity index is 904. The van der Waals surface area contributed by atoms with E-state index in [4.69, 9.17) is 4.42 Å². The summed E-state index contributed by atoms with van der Waals surface area (Å²) in [7, 11) is 3.91. The van der Waals surface area contributed by atoms with Crippen LogP contribution in [0.5, 0.6) is 0 Å². The van der Waals surface area contributed by atoms with E-state index >= 15 is 0 Å². The topological polar surface area (TPSA) is 70.3 Å². The van der Waals surface area contributed by atoms with Crippen molar-refractivity contribution in [3.05, 3.63) is 36.4 Å². The van der Waals surface area contributed by atoms with Crippen molar-refractivity contribution in [3.63, 3.8) is 0 Å². The van der Waals surface area contributed by atoms with Gasteiger partial charge in [-0.05, 0) is 25.0 Å². The number of hydrogen-bond acceptors (Lipinski definition) is 7. The maximum absolute atomic E-state index is 13.3. The standard InChI is InChI=1S/C18H21FN6O/c1-24(2)17-10-16(20-11-21-17)22-13-5-7-25(8-6-13)18-23-14-4-3-12(19)9-15(14)26-18/h3-4,9-11,13H,5-8H2,1-2H3,(H,20,21,22). The van der Waals surface area contributed by atoms with Gasteiger partial charge in [-0.1, -0.05) is 0 Å². The predicted octanol–water partition coefficient (Wildman–Crippen LogP) is 2.90. The predicted molar refractivity (Wildman–Crippen MR) is 99.2 cm³/mol. The third kappa shape index (κ3) is 3.40. The highest BCUT2D eigenvalue weighted by atomic mass is 19.1. The highest BCUT2D eigenvalue weighted by Gasteiger charge is 2.23. The molecule has 4 rings (SSSR count). The molecule has 136 valence electrons. The molecule has 2 aromatic heterocycles. The van der Waals surface area contributed by atoms with Crippen LogP contribution >= 0.6 is 0 Å². The Morgan fingerprint density at radius 1 is 1.19 bits per heavy atom. The molecule has 1 aromatic carbocycles. The minimum Gasteiger partial charge on any atom is -0.423 e. The molecule has 0 aliphatic carbocycles. The number of oxazole rings is 1. The summed E-state index contributed by atoms with van der Waals surface area (Å²) in [5.74, 6) is 1.39. The molecular weight excluding hydrogens is 335 g/mol. The molecule has 1 aliphatic heterocycles. The van der Waals surface area contributed by atoms with Crippen LogP contribution in [0.15, 0.2) is 35.0 Å². The number of benzene rings is 1. The zero-order valence-electron chi connectivity index (χ0n) is 14.8. The normalized spacial score (nSPS) is 15.4. The van der Waals surface area contributed by atoms with E-state index in [0.29, 0.717) is 23.2 Å². The Morgan fingerprint density at radius 3 is 2.77 bits per heavy atom. The fraction of sp³-hybridized carbons (Fsp3) is 0.389. The van der Waals surface area contributed by atoms with Crippen LogP contribution in [0.4, 0.5) is 22.0 Å². The molecule has 0 bridgehead atoms. The quantitative estimate of drug-likeness (QED) is 0.771. The molecular formula is C18H21FN6O. The first-order valence-corrected chi connectivity index (χ1v) is 8.65. The molecule has 3 heterocycles. The fourth-order valence-electron chi connectivity index (χ4n) is 3.12. The van der Waals surface area contributed by atoms with Crippen LogP contribution in [-0.2, 0) is 0 Å². The van der Waals surface area contributed by atoms with Gasteiger partial charge >= 0.3 is 0 Å². The maximum atomic E-state index is 13.3. The van der Waals surface area contributed by atoms with Crippen LogP contribution in [0.2, 0.25) is 0 Å². The van der Waals surface area contributed by atoms with E-state index in [1.165, 1.54) is 12.1 Å². The molecule has 0 spiro atoms. The molecule has 26 heavy (non-hydrogen) atoms. The van der Waals surface area contributed by atoms with Gasteiger partial charge < -0.3 is 19.5 Å². The first-order chi connectivity index (χ1) is 12.6. The van der Waals surface area contributed by atoms with Gasteiger partial charge in [0.1, 0.15) is 29.3 Å². The first-order valence-electron chi connectivity index (χ1n) is 8.65. The molecule has 8 heteroatoms. The zero-order valence-corrected chi connectivity index (χ0v) is 14.8. The Kier molecular flexibility index (Phi) is 4.32. The molecule has 1 fully saturated rings. The summed E-state index contributed by atoms with van der Waals surface area (Å²) in [6.07, 6.45) is 3.45. The van der Waals surface area contributed by atoms with Crippen molar-refractivity contribution in [2.45, 2.75) is 18.9 Å². The van der Waals surface area contributed by atoms with Gasteiger partial charge in [-0.2, -0.15) is 4.98 Å². The minimum atomic E-state index is -0.315. The summed E-state index contributed by atoms with van der Waals surface area (Å²) in [6, 6.07) is 7.25. The average Bonchev–Trinajstić information content (AvgIpc) is 3.05. The lowest BCUT2D eigenvalue weighted by molar-refractivity contribution is 0.481. The summed E-state index contributed by atoms with van der Waals surface area (Å²) in [6.45, 7) is 1.64. The lowest BCUT2D eigenvalue weighted by Crippen LogP contribution is -2.39. The Balaban J connectivity index is 1.39. The van der Waals surface area contributed by atoms with E-state index < -0.39 is 0 Å². The summed E-state index contributed by atoms with van der Waals surface area (Å²) >= 11 is 0. The third-order valence-electron chi connectivity index (χ3n) is 4.57. The van der Waals surface area contributed by atoms with E-state index in [2.05, 4.69) is 25.2 Å². The van der Waals surface area contributed by atoms with E-state index in [1.54, 1.807) is 12.4 Å². The summed E-state index contributed by atoms with van der Waals surface area (Å²) in [5, 5.41) is 3.48. The van der Waals surface area contributed by atoms with E-state index in [0.717, 1.165) is 37.6 Å². The molecule has 0 unspecified atom stereocenters. The van der Waals surface area contributed by atoms with Crippen LogP contribution in [0.1, 0.15) is 12.8 Å². The van der Waals surface area contributed by atoms with Gasteiger partial charge in [-0.3, -0.25) is 0 Å². The Hall–Kier alpha value is -2.90. The zero-order chi connectivity index (χ0) is 18.1. The molecule has 7 nitrogen and oxygen atoms in total. The second-order valence-electron chi connectivity index (χ2n) is 6.67. The highest BCUT2D eigenvalue weighted by molar-refractivity contribution is 5.74. The van der Waals surface area contributed by atoms with Crippen molar-refractivity contribution in [1.82, 2.24) is 15.0 Å². The minimum absolute atomic E-state index is 0.315. The van der Waals surface area contributed by atoms with Gasteiger partial charge in [0.25, 0.3) is 6.01 Å². The number of anilines is 3. The van der Waals surface area contributed by atoms with Gasteiger partial charge in [-0.15, -0.1) is 0 Å². The van der Waals surface area contributed by atoms with Crippen LogP contribution in [0.25, 0.3) is 11.1 Å². The van der Waals surface area contributed by atoms with Crippen LogP contribution in [0, 0.1) is 5.82 Å².